The molecule has 1 atom stereocenters. The summed E-state index contributed by atoms with van der Waals surface area (Å²) in [5, 5.41) is -0.187. The van der Waals surface area contributed by atoms with Crippen LogP contribution in [0.5, 0.6) is 0 Å². The van der Waals surface area contributed by atoms with Crippen molar-refractivity contribution < 1.29 is 17.5 Å². The highest BCUT2D eigenvalue weighted by Crippen LogP contribution is 2.26. The Bertz CT molecular complexity index is 589. The summed E-state index contributed by atoms with van der Waals surface area (Å²) >= 11 is 5.76. The van der Waals surface area contributed by atoms with Gasteiger partial charge in [0, 0.05) is 19.8 Å². The highest BCUT2D eigenvalue weighted by atomic mass is 35.5. The number of anilines is 1. The van der Waals surface area contributed by atoms with E-state index in [0.29, 0.717) is 18.9 Å². The lowest BCUT2D eigenvalue weighted by Gasteiger charge is -2.11. The van der Waals surface area contributed by atoms with Crippen LogP contribution in [0.4, 0.5) is 10.1 Å². The Morgan fingerprint density at radius 2 is 2.25 bits per heavy atom. The molecule has 1 saturated heterocycles. The van der Waals surface area contributed by atoms with Crippen LogP contribution in [0.2, 0.25) is 5.02 Å². The highest BCUT2D eigenvalue weighted by Gasteiger charge is 2.21. The SMILES string of the molecule is Nc1cc(S(=O)(=O)NCCC2CCOC2)c(Cl)cc1F. The lowest BCUT2D eigenvalue weighted by Crippen LogP contribution is -2.26. The van der Waals surface area contributed by atoms with E-state index in [1.54, 1.807) is 0 Å². The Morgan fingerprint density at radius 1 is 1.50 bits per heavy atom. The second-order valence-corrected chi connectivity index (χ2v) is 6.86. The van der Waals surface area contributed by atoms with E-state index < -0.39 is 15.8 Å². The minimum absolute atomic E-state index is 0.187. The van der Waals surface area contributed by atoms with E-state index in [0.717, 1.165) is 25.2 Å². The van der Waals surface area contributed by atoms with Gasteiger partial charge in [-0.3, -0.25) is 0 Å². The van der Waals surface area contributed by atoms with Gasteiger partial charge in [-0.25, -0.2) is 17.5 Å². The summed E-state index contributed by atoms with van der Waals surface area (Å²) in [4.78, 5) is -0.208. The van der Waals surface area contributed by atoms with E-state index in [9.17, 15) is 12.8 Å². The fraction of sp³-hybridized carbons (Fsp3) is 0.500. The standard InChI is InChI=1S/C12H16ClFN2O3S/c13-9-5-10(14)11(15)6-12(9)20(17,18)16-3-1-8-2-4-19-7-8/h5-6,8,16H,1-4,7,15H2. The van der Waals surface area contributed by atoms with Crippen molar-refractivity contribution in [3.05, 3.63) is 23.0 Å². The van der Waals surface area contributed by atoms with Crippen LogP contribution in [0.25, 0.3) is 0 Å². The number of hydrogen-bond acceptors (Lipinski definition) is 4. The highest BCUT2D eigenvalue weighted by molar-refractivity contribution is 7.89. The largest absolute Gasteiger partial charge is 0.396 e. The molecule has 1 aromatic carbocycles. The summed E-state index contributed by atoms with van der Waals surface area (Å²) in [6.07, 6.45) is 1.62. The number of hydrogen-bond donors (Lipinski definition) is 2. The number of benzene rings is 1. The molecular formula is C12H16ClFN2O3S. The zero-order chi connectivity index (χ0) is 14.8. The van der Waals surface area contributed by atoms with Crippen molar-refractivity contribution in [2.45, 2.75) is 17.7 Å². The first kappa shape index (κ1) is 15.5. The fourth-order valence-corrected chi connectivity index (χ4v) is 3.63. The molecule has 20 heavy (non-hydrogen) atoms. The van der Waals surface area contributed by atoms with Gasteiger partial charge in [-0.2, -0.15) is 0 Å². The molecule has 0 aliphatic carbocycles. The van der Waals surface area contributed by atoms with Crippen LogP contribution in [0, 0.1) is 11.7 Å². The average Bonchev–Trinajstić information content (AvgIpc) is 2.86. The molecule has 3 N–H and O–H groups in total. The van der Waals surface area contributed by atoms with E-state index in [-0.39, 0.29) is 22.2 Å². The van der Waals surface area contributed by atoms with Gasteiger partial charge in [-0.1, -0.05) is 11.6 Å². The molecule has 0 radical (unpaired) electrons. The summed E-state index contributed by atoms with van der Waals surface area (Å²) in [5.74, 6) is -0.372. The quantitative estimate of drug-likeness (QED) is 0.809. The van der Waals surface area contributed by atoms with Crippen LogP contribution >= 0.6 is 11.6 Å². The Hall–Kier alpha value is -0.890. The van der Waals surface area contributed by atoms with Crippen molar-refractivity contribution in [1.82, 2.24) is 4.72 Å². The minimum atomic E-state index is -3.79. The molecule has 1 heterocycles. The third-order valence-electron chi connectivity index (χ3n) is 3.21. The summed E-state index contributed by atoms with van der Waals surface area (Å²) in [6, 6.07) is 1.93. The van der Waals surface area contributed by atoms with Crippen LogP contribution < -0.4 is 10.5 Å². The Kier molecular flexibility index (Phi) is 4.85. The molecule has 5 nitrogen and oxygen atoms in total. The van der Waals surface area contributed by atoms with Crippen LogP contribution in [-0.4, -0.2) is 28.2 Å². The Labute approximate surface area is 122 Å². The van der Waals surface area contributed by atoms with E-state index in [1.165, 1.54) is 0 Å². The fourth-order valence-electron chi connectivity index (χ4n) is 2.04. The first-order valence-corrected chi connectivity index (χ1v) is 8.08. The number of nitrogen functional groups attached to an aromatic ring is 1. The van der Waals surface area contributed by atoms with Crippen molar-refractivity contribution in [2.24, 2.45) is 5.92 Å². The Morgan fingerprint density at radius 3 is 2.90 bits per heavy atom. The number of nitrogens with two attached hydrogens (primary N) is 1. The smallest absolute Gasteiger partial charge is 0.242 e. The van der Waals surface area contributed by atoms with Gasteiger partial charge in [0.15, 0.2) is 0 Å². The molecular weight excluding hydrogens is 307 g/mol. The van der Waals surface area contributed by atoms with E-state index >= 15 is 0 Å². The van der Waals surface area contributed by atoms with Gasteiger partial charge in [-0.05, 0) is 30.9 Å². The first-order valence-electron chi connectivity index (χ1n) is 6.22. The van der Waals surface area contributed by atoms with Crippen LogP contribution in [0.3, 0.4) is 0 Å². The normalized spacial score (nSPS) is 19.4. The van der Waals surface area contributed by atoms with E-state index in [2.05, 4.69) is 4.72 Å². The molecule has 1 fully saturated rings. The van der Waals surface area contributed by atoms with Crippen molar-refractivity contribution in [2.75, 3.05) is 25.5 Å². The molecule has 0 spiro atoms. The van der Waals surface area contributed by atoms with Crippen LogP contribution in [0.1, 0.15) is 12.8 Å². The molecule has 2 rings (SSSR count). The Balaban J connectivity index is 2.04. The zero-order valence-corrected chi connectivity index (χ0v) is 12.3. The maximum absolute atomic E-state index is 13.2. The van der Waals surface area contributed by atoms with E-state index in [1.807, 2.05) is 0 Å². The van der Waals surface area contributed by atoms with Crippen molar-refractivity contribution >= 4 is 27.3 Å². The third-order valence-corrected chi connectivity index (χ3v) is 5.14. The van der Waals surface area contributed by atoms with Gasteiger partial charge in [0.2, 0.25) is 10.0 Å². The van der Waals surface area contributed by atoms with Crippen molar-refractivity contribution in [3.8, 4) is 0 Å². The second-order valence-electron chi connectivity index (χ2n) is 4.72. The van der Waals surface area contributed by atoms with Crippen LogP contribution in [-0.2, 0) is 14.8 Å². The molecule has 1 aliphatic heterocycles. The molecule has 112 valence electrons. The number of sulfonamides is 1. The van der Waals surface area contributed by atoms with Crippen molar-refractivity contribution in [3.63, 3.8) is 0 Å². The predicted molar refractivity (Wildman–Crippen MR) is 74.6 cm³/mol. The van der Waals surface area contributed by atoms with Crippen molar-refractivity contribution in [1.29, 1.82) is 0 Å². The number of nitrogens with one attached hydrogen (secondary N) is 1. The molecule has 0 aromatic heterocycles. The molecule has 1 aromatic rings. The third kappa shape index (κ3) is 3.60. The van der Waals surface area contributed by atoms with Gasteiger partial charge >= 0.3 is 0 Å². The molecule has 1 aliphatic rings. The van der Waals surface area contributed by atoms with Gasteiger partial charge in [-0.15, -0.1) is 0 Å². The summed E-state index contributed by atoms with van der Waals surface area (Å²) < 4.78 is 45.0. The topological polar surface area (TPSA) is 81.4 Å². The maximum atomic E-state index is 13.2. The van der Waals surface area contributed by atoms with Gasteiger partial charge < -0.3 is 10.5 Å². The zero-order valence-electron chi connectivity index (χ0n) is 10.7. The molecule has 0 saturated carbocycles. The number of halogens is 2. The lowest BCUT2D eigenvalue weighted by atomic mass is 10.1. The summed E-state index contributed by atoms with van der Waals surface area (Å²) in [5.41, 5.74) is 5.12. The number of ether oxygens (including phenoxy) is 1. The van der Waals surface area contributed by atoms with Gasteiger partial charge in [0.25, 0.3) is 0 Å². The maximum Gasteiger partial charge on any atom is 0.242 e. The first-order chi connectivity index (χ1) is 9.40. The molecule has 0 bridgehead atoms. The van der Waals surface area contributed by atoms with Gasteiger partial charge in [0.05, 0.1) is 10.7 Å². The molecule has 0 amide bonds. The molecule has 8 heteroatoms. The lowest BCUT2D eigenvalue weighted by molar-refractivity contribution is 0.184. The predicted octanol–water partition coefficient (Wildman–Crippen LogP) is 1.77. The van der Waals surface area contributed by atoms with E-state index in [4.69, 9.17) is 22.1 Å². The monoisotopic (exact) mass is 322 g/mol. The molecule has 1 unspecified atom stereocenters. The summed E-state index contributed by atoms with van der Waals surface area (Å²) in [7, 11) is -3.79. The number of rotatable bonds is 5. The minimum Gasteiger partial charge on any atom is -0.396 e. The van der Waals surface area contributed by atoms with Gasteiger partial charge in [0.1, 0.15) is 10.7 Å². The van der Waals surface area contributed by atoms with Crippen LogP contribution in [0.15, 0.2) is 17.0 Å². The average molecular weight is 323 g/mol. The summed E-state index contributed by atoms with van der Waals surface area (Å²) in [6.45, 7) is 1.66. The second kappa shape index (κ2) is 6.26.